The first-order valence-corrected chi connectivity index (χ1v) is 6.52. The molecule has 4 nitrogen and oxygen atoms in total. The topological polar surface area (TPSA) is 53.3 Å². The Kier molecular flexibility index (Phi) is 4.57. The average Bonchev–Trinajstić information content (AvgIpc) is 2.54. The van der Waals surface area contributed by atoms with Gasteiger partial charge in [-0.05, 0) is 42.5 Å². The fourth-order valence-corrected chi connectivity index (χ4v) is 1.99. The van der Waals surface area contributed by atoms with Gasteiger partial charge in [-0.3, -0.25) is 4.79 Å². The number of nitrogens with zero attached hydrogens (tertiary/aromatic N) is 2. The Labute approximate surface area is 124 Å². The number of ketones is 1. The van der Waals surface area contributed by atoms with Crippen LogP contribution in [0.25, 0.3) is 0 Å². The van der Waals surface area contributed by atoms with Crippen LogP contribution in [0.2, 0.25) is 0 Å². The molecule has 21 heavy (non-hydrogen) atoms. The minimum atomic E-state index is 0.0162. The number of hydrogen-bond donors (Lipinski definition) is 0. The summed E-state index contributed by atoms with van der Waals surface area (Å²) in [5, 5.41) is 8.91. The fourth-order valence-electron chi connectivity index (χ4n) is 1.99. The summed E-state index contributed by atoms with van der Waals surface area (Å²) in [6.45, 7) is 0.251. The molecule has 0 saturated heterocycles. The third-order valence-corrected chi connectivity index (χ3v) is 3.21. The Morgan fingerprint density at radius 1 is 1.24 bits per heavy atom. The van der Waals surface area contributed by atoms with Crippen molar-refractivity contribution in [2.45, 2.75) is 0 Å². The zero-order chi connectivity index (χ0) is 15.2. The highest BCUT2D eigenvalue weighted by atomic mass is 16.5. The zero-order valence-electron chi connectivity index (χ0n) is 12.0. The van der Waals surface area contributed by atoms with Crippen molar-refractivity contribution in [3.63, 3.8) is 0 Å². The highest BCUT2D eigenvalue weighted by Gasteiger charge is 2.10. The van der Waals surface area contributed by atoms with E-state index >= 15 is 0 Å². The molecule has 0 amide bonds. The summed E-state index contributed by atoms with van der Waals surface area (Å²) in [5.74, 6) is 0.740. The second-order valence-corrected chi connectivity index (χ2v) is 4.67. The largest absolute Gasteiger partial charge is 0.497 e. The van der Waals surface area contributed by atoms with Crippen molar-refractivity contribution in [3.05, 3.63) is 59.7 Å². The Balaban J connectivity index is 2.09. The van der Waals surface area contributed by atoms with Crippen LogP contribution in [0, 0.1) is 11.3 Å². The molecule has 0 aliphatic heterocycles. The number of Topliss-reactive ketones (excluding diaryl/α,β-unsaturated/α-hetero) is 1. The van der Waals surface area contributed by atoms with Gasteiger partial charge in [-0.25, -0.2) is 0 Å². The van der Waals surface area contributed by atoms with Gasteiger partial charge in [0, 0.05) is 18.3 Å². The van der Waals surface area contributed by atoms with Gasteiger partial charge in [0.25, 0.3) is 0 Å². The van der Waals surface area contributed by atoms with E-state index < -0.39 is 0 Å². The lowest BCUT2D eigenvalue weighted by Crippen LogP contribution is -2.25. The van der Waals surface area contributed by atoms with E-state index in [0.717, 1.165) is 11.4 Å². The molecule has 0 unspecified atom stereocenters. The van der Waals surface area contributed by atoms with Crippen molar-refractivity contribution in [1.29, 1.82) is 5.26 Å². The van der Waals surface area contributed by atoms with Crippen LogP contribution in [-0.2, 0) is 0 Å². The number of rotatable bonds is 5. The van der Waals surface area contributed by atoms with Crippen LogP contribution in [-0.4, -0.2) is 26.5 Å². The Morgan fingerprint density at radius 2 is 1.95 bits per heavy atom. The van der Waals surface area contributed by atoms with E-state index in [4.69, 9.17) is 10.00 Å². The molecule has 0 N–H and O–H groups in total. The van der Waals surface area contributed by atoms with Crippen LogP contribution < -0.4 is 9.64 Å². The van der Waals surface area contributed by atoms with Crippen molar-refractivity contribution in [1.82, 2.24) is 0 Å². The van der Waals surface area contributed by atoms with Crippen LogP contribution in [0.5, 0.6) is 5.75 Å². The van der Waals surface area contributed by atoms with Crippen molar-refractivity contribution in [2.75, 3.05) is 25.6 Å². The van der Waals surface area contributed by atoms with Gasteiger partial charge in [0.05, 0.1) is 25.3 Å². The van der Waals surface area contributed by atoms with Gasteiger partial charge < -0.3 is 9.64 Å². The summed E-state index contributed by atoms with van der Waals surface area (Å²) < 4.78 is 5.07. The Morgan fingerprint density at radius 3 is 2.57 bits per heavy atom. The van der Waals surface area contributed by atoms with Crippen molar-refractivity contribution in [2.24, 2.45) is 0 Å². The molecule has 0 aromatic heterocycles. The van der Waals surface area contributed by atoms with Crippen LogP contribution >= 0.6 is 0 Å². The minimum absolute atomic E-state index is 0.0162. The van der Waals surface area contributed by atoms with Crippen LogP contribution in [0.15, 0.2) is 48.5 Å². The number of likely N-dealkylation sites (N-methyl/N-ethyl adjacent to an activating group) is 1. The smallest absolute Gasteiger partial charge is 0.182 e. The second-order valence-electron chi connectivity index (χ2n) is 4.67. The molecule has 0 spiro atoms. The van der Waals surface area contributed by atoms with Crippen molar-refractivity contribution in [3.8, 4) is 11.8 Å². The van der Waals surface area contributed by atoms with Gasteiger partial charge in [-0.2, -0.15) is 5.26 Å². The predicted molar refractivity (Wildman–Crippen MR) is 81.8 cm³/mol. The molecule has 106 valence electrons. The Bertz CT molecular complexity index is 672. The molecule has 2 aromatic carbocycles. The molecular formula is C17H16N2O2. The van der Waals surface area contributed by atoms with Gasteiger partial charge in [0.2, 0.25) is 0 Å². The quantitative estimate of drug-likeness (QED) is 0.790. The van der Waals surface area contributed by atoms with E-state index in [-0.39, 0.29) is 12.3 Å². The molecule has 0 fully saturated rings. The van der Waals surface area contributed by atoms with Crippen molar-refractivity contribution < 1.29 is 9.53 Å². The standard InChI is InChI=1S/C17H16N2O2/c1-19(15-5-3-4-13(10-15)11-18)12-17(20)14-6-8-16(21-2)9-7-14/h3-10H,12H2,1-2H3. The lowest BCUT2D eigenvalue weighted by atomic mass is 10.1. The molecule has 0 aliphatic rings. The van der Waals surface area contributed by atoms with E-state index in [1.165, 1.54) is 0 Å². The summed E-state index contributed by atoms with van der Waals surface area (Å²) in [6, 6.07) is 16.3. The number of carbonyl (C=O) groups is 1. The lowest BCUT2D eigenvalue weighted by molar-refractivity contribution is 0.100. The molecule has 0 radical (unpaired) electrons. The molecule has 0 aliphatic carbocycles. The van der Waals surface area contributed by atoms with Crippen LogP contribution in [0.4, 0.5) is 5.69 Å². The van der Waals surface area contributed by atoms with E-state index in [2.05, 4.69) is 6.07 Å². The predicted octanol–water partition coefficient (Wildman–Crippen LogP) is 2.89. The number of hydrogen-bond acceptors (Lipinski definition) is 4. The summed E-state index contributed by atoms with van der Waals surface area (Å²) in [6.07, 6.45) is 0. The molecule has 4 heteroatoms. The van der Waals surface area contributed by atoms with Gasteiger partial charge in [-0.1, -0.05) is 6.07 Å². The summed E-state index contributed by atoms with van der Waals surface area (Å²) in [5.41, 5.74) is 2.06. The number of methoxy groups -OCH3 is 1. The van der Waals surface area contributed by atoms with E-state index in [9.17, 15) is 4.79 Å². The normalized spacial score (nSPS) is 9.76. The van der Waals surface area contributed by atoms with Gasteiger partial charge in [0.15, 0.2) is 5.78 Å². The van der Waals surface area contributed by atoms with Gasteiger partial charge in [0.1, 0.15) is 5.75 Å². The highest BCUT2D eigenvalue weighted by molar-refractivity contribution is 5.99. The third-order valence-electron chi connectivity index (χ3n) is 3.21. The first-order valence-electron chi connectivity index (χ1n) is 6.52. The van der Waals surface area contributed by atoms with Crippen LogP contribution in [0.3, 0.4) is 0 Å². The minimum Gasteiger partial charge on any atom is -0.497 e. The molecule has 2 aromatic rings. The third kappa shape index (κ3) is 3.61. The first-order chi connectivity index (χ1) is 10.1. The van der Waals surface area contributed by atoms with Crippen molar-refractivity contribution >= 4 is 11.5 Å². The van der Waals surface area contributed by atoms with Gasteiger partial charge >= 0.3 is 0 Å². The summed E-state index contributed by atoms with van der Waals surface area (Å²) >= 11 is 0. The number of ether oxygens (including phenoxy) is 1. The molecular weight excluding hydrogens is 264 g/mol. The van der Waals surface area contributed by atoms with Crippen LogP contribution in [0.1, 0.15) is 15.9 Å². The number of nitriles is 1. The monoisotopic (exact) mass is 280 g/mol. The zero-order valence-corrected chi connectivity index (χ0v) is 12.0. The maximum atomic E-state index is 12.2. The fraction of sp³-hybridized carbons (Fsp3) is 0.176. The molecule has 0 atom stereocenters. The average molecular weight is 280 g/mol. The maximum Gasteiger partial charge on any atom is 0.182 e. The van der Waals surface area contributed by atoms with Gasteiger partial charge in [-0.15, -0.1) is 0 Å². The number of carbonyl (C=O) groups excluding carboxylic acids is 1. The number of anilines is 1. The first kappa shape index (κ1) is 14.6. The van der Waals surface area contributed by atoms with E-state index in [1.54, 1.807) is 43.5 Å². The van der Waals surface area contributed by atoms with E-state index in [1.807, 2.05) is 24.1 Å². The maximum absolute atomic E-state index is 12.2. The second kappa shape index (κ2) is 6.58. The molecule has 0 heterocycles. The lowest BCUT2D eigenvalue weighted by Gasteiger charge is -2.18. The summed E-state index contributed by atoms with van der Waals surface area (Å²) in [7, 11) is 3.42. The Hall–Kier alpha value is -2.80. The molecule has 0 bridgehead atoms. The summed E-state index contributed by atoms with van der Waals surface area (Å²) in [4.78, 5) is 14.1. The highest BCUT2D eigenvalue weighted by Crippen LogP contribution is 2.16. The molecule has 0 saturated carbocycles. The molecule has 2 rings (SSSR count). The van der Waals surface area contributed by atoms with E-state index in [0.29, 0.717) is 11.1 Å². The SMILES string of the molecule is COc1ccc(C(=O)CN(C)c2cccc(C#N)c2)cc1. The number of benzene rings is 2.